The third-order valence-corrected chi connectivity index (χ3v) is 5.39. The molecule has 3 rings (SSSR count). The summed E-state index contributed by atoms with van der Waals surface area (Å²) in [5, 5.41) is 9.77. The van der Waals surface area contributed by atoms with E-state index in [1.807, 2.05) is 6.07 Å². The van der Waals surface area contributed by atoms with Gasteiger partial charge in [0.2, 0.25) is 0 Å². The largest absolute Gasteiger partial charge is 0.490 e. The molecule has 2 fully saturated rings. The lowest BCUT2D eigenvalue weighted by atomic mass is 9.65. The summed E-state index contributed by atoms with van der Waals surface area (Å²) in [5.74, 6) is 0.461. The molecule has 4 nitrogen and oxygen atoms in total. The molecule has 21 heavy (non-hydrogen) atoms. The second-order valence-electron chi connectivity index (χ2n) is 6.10. The Bertz CT molecular complexity index is 570. The summed E-state index contributed by atoms with van der Waals surface area (Å²) < 4.78 is 6.33. The van der Waals surface area contributed by atoms with E-state index in [0.717, 1.165) is 24.8 Å². The Hall–Kier alpha value is -0.810. The average molecular weight is 375 g/mol. The van der Waals surface area contributed by atoms with Crippen LogP contribution in [0.1, 0.15) is 37.7 Å². The Morgan fingerprint density at radius 2 is 2.24 bits per heavy atom. The van der Waals surface area contributed by atoms with Crippen LogP contribution in [0.4, 0.5) is 0 Å². The Morgan fingerprint density at radius 3 is 2.76 bits per heavy atom. The predicted molar refractivity (Wildman–Crippen MR) is 82.8 cm³/mol. The minimum absolute atomic E-state index is 0.323. The molecule has 0 bridgehead atoms. The molecule has 0 amide bonds. The normalized spacial score (nSPS) is 19.9. The van der Waals surface area contributed by atoms with Crippen molar-refractivity contribution in [3.05, 3.63) is 21.4 Å². The number of rotatable bonds is 6. The summed E-state index contributed by atoms with van der Waals surface area (Å²) in [6, 6.07) is 1.84. The van der Waals surface area contributed by atoms with Gasteiger partial charge in [-0.25, -0.2) is 4.98 Å². The summed E-state index contributed by atoms with van der Waals surface area (Å²) in [6.07, 6.45) is 5.28. The molecule has 0 atom stereocenters. The van der Waals surface area contributed by atoms with Crippen molar-refractivity contribution in [3.8, 4) is 5.75 Å². The summed E-state index contributed by atoms with van der Waals surface area (Å²) in [5.41, 5.74) is 0.207. The summed E-state index contributed by atoms with van der Waals surface area (Å²) >= 11 is 9.49. The van der Waals surface area contributed by atoms with Gasteiger partial charge in [-0.3, -0.25) is 4.79 Å². The van der Waals surface area contributed by atoms with Crippen molar-refractivity contribution in [2.75, 3.05) is 6.61 Å². The van der Waals surface area contributed by atoms with E-state index in [4.69, 9.17) is 16.3 Å². The van der Waals surface area contributed by atoms with Crippen LogP contribution in [0.5, 0.6) is 5.75 Å². The molecule has 2 aliphatic rings. The van der Waals surface area contributed by atoms with Crippen LogP contribution in [-0.4, -0.2) is 22.7 Å². The van der Waals surface area contributed by atoms with Crippen LogP contribution >= 0.6 is 27.5 Å². The number of carboxylic acids is 1. The maximum Gasteiger partial charge on any atom is 0.309 e. The molecule has 0 saturated heterocycles. The lowest BCUT2D eigenvalue weighted by Crippen LogP contribution is -2.40. The number of aromatic nitrogens is 1. The first kappa shape index (κ1) is 15.1. The van der Waals surface area contributed by atoms with Gasteiger partial charge in [-0.05, 0) is 65.6 Å². The van der Waals surface area contributed by atoms with Crippen molar-refractivity contribution in [2.24, 2.45) is 11.3 Å². The number of carboxylic acid groups (broad SMARTS) is 1. The molecule has 2 aliphatic carbocycles. The molecule has 1 aromatic heterocycles. The van der Waals surface area contributed by atoms with Crippen LogP contribution in [0, 0.1) is 11.3 Å². The molecule has 114 valence electrons. The van der Waals surface area contributed by atoms with E-state index in [1.165, 1.54) is 12.8 Å². The quantitative estimate of drug-likeness (QED) is 0.762. The third-order valence-electron chi connectivity index (χ3n) is 4.43. The van der Waals surface area contributed by atoms with E-state index < -0.39 is 11.4 Å². The minimum Gasteiger partial charge on any atom is -0.490 e. The van der Waals surface area contributed by atoms with E-state index in [1.54, 1.807) is 0 Å². The highest BCUT2D eigenvalue weighted by atomic mass is 79.9. The minimum atomic E-state index is -0.726. The van der Waals surface area contributed by atoms with Crippen LogP contribution in [-0.2, 0) is 11.2 Å². The number of ether oxygens (including phenoxy) is 1. The highest BCUT2D eigenvalue weighted by Crippen LogP contribution is 2.45. The summed E-state index contributed by atoms with van der Waals surface area (Å²) in [7, 11) is 0. The first-order valence-electron chi connectivity index (χ1n) is 7.21. The number of carbonyl (C=O) groups is 1. The van der Waals surface area contributed by atoms with Crippen molar-refractivity contribution < 1.29 is 14.6 Å². The van der Waals surface area contributed by atoms with Gasteiger partial charge in [0.15, 0.2) is 10.9 Å². The monoisotopic (exact) mass is 373 g/mol. The van der Waals surface area contributed by atoms with Crippen LogP contribution < -0.4 is 4.74 Å². The highest BCUT2D eigenvalue weighted by Gasteiger charge is 2.44. The van der Waals surface area contributed by atoms with Gasteiger partial charge in [-0.1, -0.05) is 18.0 Å². The maximum atomic E-state index is 11.5. The number of halogens is 2. The van der Waals surface area contributed by atoms with Gasteiger partial charge in [0.1, 0.15) is 4.60 Å². The van der Waals surface area contributed by atoms with Gasteiger partial charge >= 0.3 is 5.97 Å². The van der Waals surface area contributed by atoms with Crippen molar-refractivity contribution in [1.29, 1.82) is 0 Å². The van der Waals surface area contributed by atoms with Crippen LogP contribution in [0.25, 0.3) is 0 Å². The fourth-order valence-corrected chi connectivity index (χ4v) is 3.37. The first-order chi connectivity index (χ1) is 10.00. The van der Waals surface area contributed by atoms with Crippen molar-refractivity contribution in [3.63, 3.8) is 0 Å². The van der Waals surface area contributed by atoms with Gasteiger partial charge in [-0.2, -0.15) is 0 Å². The molecule has 0 spiro atoms. The molecule has 0 aromatic carbocycles. The molecular formula is C15H17BrClNO3. The van der Waals surface area contributed by atoms with E-state index in [0.29, 0.717) is 34.5 Å². The number of hydrogen-bond acceptors (Lipinski definition) is 3. The average Bonchev–Trinajstić information content (AvgIpc) is 3.18. The Morgan fingerprint density at radius 1 is 1.52 bits per heavy atom. The molecule has 2 saturated carbocycles. The fourth-order valence-electron chi connectivity index (χ4n) is 2.64. The lowest BCUT2D eigenvalue weighted by Gasteiger charge is -2.37. The van der Waals surface area contributed by atoms with Crippen molar-refractivity contribution in [2.45, 2.75) is 38.5 Å². The molecule has 6 heteroatoms. The zero-order valence-electron chi connectivity index (χ0n) is 11.6. The van der Waals surface area contributed by atoms with Crippen molar-refractivity contribution >= 4 is 33.5 Å². The van der Waals surface area contributed by atoms with Gasteiger partial charge in [0, 0.05) is 0 Å². The Labute approximate surface area is 137 Å². The van der Waals surface area contributed by atoms with E-state index in [-0.39, 0.29) is 0 Å². The van der Waals surface area contributed by atoms with Gasteiger partial charge in [-0.15, -0.1) is 0 Å². The third kappa shape index (κ3) is 3.19. The van der Waals surface area contributed by atoms with Crippen LogP contribution in [0.15, 0.2) is 10.7 Å². The van der Waals surface area contributed by atoms with Gasteiger partial charge in [0.25, 0.3) is 0 Å². The van der Waals surface area contributed by atoms with Gasteiger partial charge in [0.05, 0.1) is 12.0 Å². The van der Waals surface area contributed by atoms with Crippen LogP contribution in [0.3, 0.4) is 0 Å². The molecular weight excluding hydrogens is 358 g/mol. The standard InChI is InChI=1S/C15H17BrClNO3/c16-12-10(7-15(14(19)20)4-1-5-15)6-11(13(17)18-12)21-8-9-2-3-9/h6,9H,1-5,7-8H2,(H,19,20). The molecule has 0 aliphatic heterocycles. The second-order valence-corrected chi connectivity index (χ2v) is 7.21. The predicted octanol–water partition coefficient (Wildman–Crippen LogP) is 4.08. The SMILES string of the molecule is O=C(O)C1(Cc2cc(OCC3CC3)c(Cl)nc2Br)CCC1. The summed E-state index contributed by atoms with van der Waals surface area (Å²) in [4.78, 5) is 15.7. The number of aliphatic carboxylic acids is 1. The zero-order chi connectivity index (χ0) is 15.0. The smallest absolute Gasteiger partial charge is 0.309 e. The maximum absolute atomic E-state index is 11.5. The number of hydrogen-bond donors (Lipinski definition) is 1. The molecule has 1 heterocycles. The molecule has 1 N–H and O–H groups in total. The summed E-state index contributed by atoms with van der Waals surface area (Å²) in [6.45, 7) is 0.659. The van der Waals surface area contributed by atoms with E-state index in [9.17, 15) is 9.90 Å². The highest BCUT2D eigenvalue weighted by molar-refractivity contribution is 9.10. The Balaban J connectivity index is 1.79. The first-order valence-corrected chi connectivity index (χ1v) is 8.38. The molecule has 0 radical (unpaired) electrons. The number of nitrogens with zero attached hydrogens (tertiary/aromatic N) is 1. The van der Waals surface area contributed by atoms with E-state index in [2.05, 4.69) is 20.9 Å². The lowest BCUT2D eigenvalue weighted by molar-refractivity contribution is -0.154. The topological polar surface area (TPSA) is 59.4 Å². The molecule has 1 aromatic rings. The Kier molecular flexibility index (Phi) is 4.14. The van der Waals surface area contributed by atoms with E-state index >= 15 is 0 Å². The number of pyridine rings is 1. The van der Waals surface area contributed by atoms with Crippen LogP contribution in [0.2, 0.25) is 5.15 Å². The van der Waals surface area contributed by atoms with Crippen molar-refractivity contribution in [1.82, 2.24) is 4.98 Å². The van der Waals surface area contributed by atoms with Gasteiger partial charge < -0.3 is 9.84 Å². The second kappa shape index (κ2) is 5.76. The molecule has 0 unspecified atom stereocenters. The fraction of sp³-hybridized carbons (Fsp3) is 0.600. The zero-order valence-corrected chi connectivity index (χ0v) is 13.9.